The maximum atomic E-state index is 11.6. The normalized spacial score (nSPS) is 21.5. The summed E-state index contributed by atoms with van der Waals surface area (Å²) in [5.41, 5.74) is 1.72. The van der Waals surface area contributed by atoms with Crippen LogP contribution in [0.3, 0.4) is 0 Å². The fraction of sp³-hybridized carbons (Fsp3) is 0.562. The summed E-state index contributed by atoms with van der Waals surface area (Å²) in [5, 5.41) is 12.7. The van der Waals surface area contributed by atoms with Gasteiger partial charge in [-0.1, -0.05) is 0 Å². The molecule has 1 aliphatic heterocycles. The summed E-state index contributed by atoms with van der Waals surface area (Å²) in [7, 11) is 1.57. The molecule has 2 N–H and O–H groups in total. The smallest absolute Gasteiger partial charge is 0.325 e. The van der Waals surface area contributed by atoms with E-state index >= 15 is 0 Å². The lowest BCUT2D eigenvalue weighted by atomic mass is 10.0. The van der Waals surface area contributed by atoms with Crippen molar-refractivity contribution in [3.05, 3.63) is 23.3 Å². The first kappa shape index (κ1) is 14.2. The molecule has 1 aliphatic carbocycles. The van der Waals surface area contributed by atoms with Crippen molar-refractivity contribution in [3.63, 3.8) is 0 Å². The SMILES string of the molecule is COc1cc2c(cc1C(NCC1CC1)C(=O)O)OC(C)C2. The number of nitrogens with one attached hydrogen (secondary N) is 1. The second-order valence-corrected chi connectivity index (χ2v) is 5.96. The molecule has 1 aromatic rings. The van der Waals surface area contributed by atoms with Crippen LogP contribution in [0.2, 0.25) is 0 Å². The van der Waals surface area contributed by atoms with Gasteiger partial charge >= 0.3 is 5.97 Å². The van der Waals surface area contributed by atoms with Gasteiger partial charge in [0.25, 0.3) is 0 Å². The molecule has 1 aromatic carbocycles. The predicted octanol–water partition coefficient (Wildman–Crippen LogP) is 2.14. The number of carbonyl (C=O) groups is 1. The number of rotatable bonds is 6. The van der Waals surface area contributed by atoms with Gasteiger partial charge in [-0.3, -0.25) is 4.79 Å². The standard InChI is InChI=1S/C16H21NO4/c1-9-5-11-6-14(20-2)12(7-13(11)21-9)15(16(18)19)17-8-10-3-4-10/h6-7,9-10,15,17H,3-5,8H2,1-2H3,(H,18,19). The molecular formula is C16H21NO4. The van der Waals surface area contributed by atoms with Crippen LogP contribution in [0.5, 0.6) is 11.5 Å². The predicted molar refractivity (Wildman–Crippen MR) is 77.9 cm³/mol. The molecule has 0 saturated heterocycles. The van der Waals surface area contributed by atoms with Gasteiger partial charge in [-0.05, 0) is 44.4 Å². The van der Waals surface area contributed by atoms with Crippen LogP contribution in [0.15, 0.2) is 12.1 Å². The van der Waals surface area contributed by atoms with E-state index in [0.717, 1.165) is 24.3 Å². The zero-order valence-corrected chi connectivity index (χ0v) is 12.4. The first-order chi connectivity index (χ1) is 10.1. The van der Waals surface area contributed by atoms with Gasteiger partial charge in [0.15, 0.2) is 0 Å². The Kier molecular flexibility index (Phi) is 3.76. The Morgan fingerprint density at radius 1 is 1.52 bits per heavy atom. The number of carboxylic acid groups (broad SMARTS) is 1. The van der Waals surface area contributed by atoms with Gasteiger partial charge in [0.05, 0.1) is 7.11 Å². The largest absolute Gasteiger partial charge is 0.496 e. The van der Waals surface area contributed by atoms with E-state index in [9.17, 15) is 9.90 Å². The van der Waals surface area contributed by atoms with Crippen LogP contribution in [-0.4, -0.2) is 30.8 Å². The van der Waals surface area contributed by atoms with E-state index in [-0.39, 0.29) is 6.10 Å². The molecule has 2 atom stereocenters. The Morgan fingerprint density at radius 2 is 2.29 bits per heavy atom. The quantitative estimate of drug-likeness (QED) is 0.840. The Hall–Kier alpha value is -1.75. The first-order valence-electron chi connectivity index (χ1n) is 7.42. The third-order valence-corrected chi connectivity index (χ3v) is 4.11. The molecule has 21 heavy (non-hydrogen) atoms. The Bertz CT molecular complexity index is 553. The van der Waals surface area contributed by atoms with E-state index < -0.39 is 12.0 Å². The number of methoxy groups -OCH3 is 1. The number of aliphatic carboxylic acids is 1. The van der Waals surface area contributed by atoms with Crippen LogP contribution in [0.4, 0.5) is 0 Å². The number of benzene rings is 1. The van der Waals surface area contributed by atoms with E-state index in [1.54, 1.807) is 7.11 Å². The summed E-state index contributed by atoms with van der Waals surface area (Å²) in [6.07, 6.45) is 3.32. The number of carboxylic acids is 1. The van der Waals surface area contributed by atoms with Crippen LogP contribution in [0.25, 0.3) is 0 Å². The molecule has 2 unspecified atom stereocenters. The monoisotopic (exact) mass is 291 g/mol. The number of hydrogen-bond donors (Lipinski definition) is 2. The molecule has 0 spiro atoms. The van der Waals surface area contributed by atoms with E-state index in [4.69, 9.17) is 9.47 Å². The van der Waals surface area contributed by atoms with E-state index in [2.05, 4.69) is 5.32 Å². The summed E-state index contributed by atoms with van der Waals surface area (Å²) >= 11 is 0. The zero-order valence-electron chi connectivity index (χ0n) is 12.4. The molecular weight excluding hydrogens is 270 g/mol. The fourth-order valence-corrected chi connectivity index (χ4v) is 2.79. The maximum Gasteiger partial charge on any atom is 0.325 e. The molecule has 0 aromatic heterocycles. The number of hydrogen-bond acceptors (Lipinski definition) is 4. The van der Waals surface area contributed by atoms with Crippen molar-refractivity contribution in [2.75, 3.05) is 13.7 Å². The number of fused-ring (bicyclic) bond motifs is 1. The molecule has 5 heteroatoms. The second-order valence-electron chi connectivity index (χ2n) is 5.96. The van der Waals surface area contributed by atoms with Gasteiger partial charge in [0.1, 0.15) is 23.6 Å². The fourth-order valence-electron chi connectivity index (χ4n) is 2.79. The zero-order chi connectivity index (χ0) is 15.0. The van der Waals surface area contributed by atoms with Gasteiger partial charge in [-0.25, -0.2) is 0 Å². The van der Waals surface area contributed by atoms with Crippen LogP contribution < -0.4 is 14.8 Å². The van der Waals surface area contributed by atoms with E-state index in [0.29, 0.717) is 17.2 Å². The summed E-state index contributed by atoms with van der Waals surface area (Å²) in [5.74, 6) is 1.11. The minimum absolute atomic E-state index is 0.127. The van der Waals surface area contributed by atoms with Crippen LogP contribution in [0, 0.1) is 5.92 Å². The highest BCUT2D eigenvalue weighted by atomic mass is 16.5. The van der Waals surface area contributed by atoms with Crippen LogP contribution >= 0.6 is 0 Å². The van der Waals surface area contributed by atoms with Gasteiger partial charge in [-0.2, -0.15) is 0 Å². The number of ether oxygens (including phenoxy) is 2. The first-order valence-corrected chi connectivity index (χ1v) is 7.42. The van der Waals surface area contributed by atoms with Crippen molar-refractivity contribution in [2.45, 2.75) is 38.3 Å². The van der Waals surface area contributed by atoms with Crippen molar-refractivity contribution in [1.29, 1.82) is 0 Å². The van der Waals surface area contributed by atoms with Crippen molar-refractivity contribution < 1.29 is 19.4 Å². The molecule has 5 nitrogen and oxygen atoms in total. The third kappa shape index (κ3) is 2.97. The summed E-state index contributed by atoms with van der Waals surface area (Å²) in [6.45, 7) is 2.74. The maximum absolute atomic E-state index is 11.6. The minimum Gasteiger partial charge on any atom is -0.496 e. The Labute approximate surface area is 124 Å². The van der Waals surface area contributed by atoms with Crippen LogP contribution in [-0.2, 0) is 11.2 Å². The molecule has 0 radical (unpaired) electrons. The summed E-state index contributed by atoms with van der Waals surface area (Å²) < 4.78 is 11.1. The lowest BCUT2D eigenvalue weighted by molar-refractivity contribution is -0.139. The highest BCUT2D eigenvalue weighted by Gasteiger charge is 2.30. The van der Waals surface area contributed by atoms with Gasteiger partial charge in [-0.15, -0.1) is 0 Å². The summed E-state index contributed by atoms with van der Waals surface area (Å²) in [4.78, 5) is 11.6. The average molecular weight is 291 g/mol. The lowest BCUT2D eigenvalue weighted by Crippen LogP contribution is -2.30. The minimum atomic E-state index is -0.889. The molecule has 2 aliphatic rings. The van der Waals surface area contributed by atoms with E-state index in [1.165, 1.54) is 12.8 Å². The van der Waals surface area contributed by atoms with Gasteiger partial charge < -0.3 is 19.9 Å². The molecule has 3 rings (SSSR count). The highest BCUT2D eigenvalue weighted by Crippen LogP contribution is 2.38. The van der Waals surface area contributed by atoms with Gasteiger partial charge in [0.2, 0.25) is 0 Å². The van der Waals surface area contributed by atoms with Crippen molar-refractivity contribution >= 4 is 5.97 Å². The molecule has 1 heterocycles. The average Bonchev–Trinajstić information content (AvgIpc) is 3.18. The molecule has 1 fully saturated rings. The Balaban J connectivity index is 1.90. The topological polar surface area (TPSA) is 67.8 Å². The molecule has 0 amide bonds. The molecule has 1 saturated carbocycles. The Morgan fingerprint density at radius 3 is 2.90 bits per heavy atom. The molecule has 0 bridgehead atoms. The molecule has 114 valence electrons. The van der Waals surface area contributed by atoms with Crippen LogP contribution in [0.1, 0.15) is 36.9 Å². The van der Waals surface area contributed by atoms with Gasteiger partial charge in [0, 0.05) is 17.5 Å². The second kappa shape index (κ2) is 5.56. The summed E-state index contributed by atoms with van der Waals surface area (Å²) in [6, 6.07) is 2.96. The van der Waals surface area contributed by atoms with Crippen molar-refractivity contribution in [3.8, 4) is 11.5 Å². The van der Waals surface area contributed by atoms with Crippen molar-refractivity contribution in [2.24, 2.45) is 5.92 Å². The lowest BCUT2D eigenvalue weighted by Gasteiger charge is -2.18. The van der Waals surface area contributed by atoms with E-state index in [1.807, 2.05) is 19.1 Å². The van der Waals surface area contributed by atoms with Crippen molar-refractivity contribution in [1.82, 2.24) is 5.32 Å². The third-order valence-electron chi connectivity index (χ3n) is 4.11. The highest BCUT2D eigenvalue weighted by molar-refractivity contribution is 5.77.